The molecule has 0 fully saturated rings. The zero-order chi connectivity index (χ0) is 9.84. The van der Waals surface area contributed by atoms with E-state index in [1.807, 2.05) is 18.4 Å². The van der Waals surface area contributed by atoms with Crippen LogP contribution in [0.3, 0.4) is 0 Å². The number of hydrogen-bond donors (Lipinski definition) is 1. The Morgan fingerprint density at radius 1 is 1.46 bits per heavy atom. The van der Waals surface area contributed by atoms with Crippen molar-refractivity contribution in [3.8, 4) is 0 Å². The van der Waals surface area contributed by atoms with E-state index in [4.69, 9.17) is 28.9 Å². The average Bonchev–Trinajstić information content (AvgIpc) is 2.10. The largest absolute Gasteiger partial charge is 0.329 e. The van der Waals surface area contributed by atoms with Crippen molar-refractivity contribution >= 4 is 35.0 Å². The van der Waals surface area contributed by atoms with E-state index in [2.05, 4.69) is 0 Å². The molecule has 0 heterocycles. The minimum atomic E-state index is 0.254. The number of halogens is 2. The van der Waals surface area contributed by atoms with E-state index >= 15 is 0 Å². The van der Waals surface area contributed by atoms with Crippen LogP contribution in [0.15, 0.2) is 18.2 Å². The third kappa shape index (κ3) is 2.78. The summed E-state index contributed by atoms with van der Waals surface area (Å²) in [7, 11) is 0. The molecule has 1 unspecified atom stereocenters. The summed E-state index contributed by atoms with van der Waals surface area (Å²) < 4.78 is 0. The molecule has 72 valence electrons. The fourth-order valence-electron chi connectivity index (χ4n) is 1.11. The van der Waals surface area contributed by atoms with Crippen molar-refractivity contribution in [2.45, 2.75) is 5.25 Å². The predicted molar refractivity (Wildman–Crippen MR) is 61.8 cm³/mol. The summed E-state index contributed by atoms with van der Waals surface area (Å²) in [6.07, 6.45) is 2.02. The van der Waals surface area contributed by atoms with Crippen molar-refractivity contribution in [2.75, 3.05) is 12.8 Å². The van der Waals surface area contributed by atoms with Gasteiger partial charge in [0.1, 0.15) is 0 Å². The molecule has 0 aliphatic rings. The Hall–Kier alpha value is 0.110. The molecule has 0 aliphatic carbocycles. The average molecular weight is 236 g/mol. The van der Waals surface area contributed by atoms with Crippen LogP contribution in [0.25, 0.3) is 0 Å². The van der Waals surface area contributed by atoms with E-state index in [9.17, 15) is 0 Å². The van der Waals surface area contributed by atoms with Crippen LogP contribution < -0.4 is 5.73 Å². The lowest BCUT2D eigenvalue weighted by Gasteiger charge is -2.13. The number of nitrogens with two attached hydrogens (primary N) is 1. The van der Waals surface area contributed by atoms with Crippen LogP contribution in [0.1, 0.15) is 10.8 Å². The van der Waals surface area contributed by atoms with Crippen molar-refractivity contribution < 1.29 is 0 Å². The summed E-state index contributed by atoms with van der Waals surface area (Å²) in [6, 6.07) is 5.51. The number of rotatable bonds is 3. The Morgan fingerprint density at radius 3 is 2.62 bits per heavy atom. The molecule has 1 aromatic rings. The maximum atomic E-state index is 6.03. The van der Waals surface area contributed by atoms with Gasteiger partial charge in [-0.3, -0.25) is 0 Å². The number of thioether (sulfide) groups is 1. The molecule has 1 rings (SSSR count). The third-order valence-electron chi connectivity index (χ3n) is 1.81. The van der Waals surface area contributed by atoms with Crippen molar-refractivity contribution in [3.05, 3.63) is 33.8 Å². The van der Waals surface area contributed by atoms with Gasteiger partial charge < -0.3 is 5.73 Å². The van der Waals surface area contributed by atoms with E-state index in [1.165, 1.54) is 0 Å². The molecular formula is C9H11Cl2NS. The normalized spacial score (nSPS) is 12.9. The Balaban J connectivity index is 2.99. The standard InChI is InChI=1S/C9H11Cl2NS/c1-13-9(5-12)7-3-2-6(10)4-8(7)11/h2-4,9H,5,12H2,1H3. The van der Waals surface area contributed by atoms with Gasteiger partial charge in [0, 0.05) is 21.8 Å². The van der Waals surface area contributed by atoms with Gasteiger partial charge in [0.15, 0.2) is 0 Å². The second-order valence-electron chi connectivity index (χ2n) is 2.63. The lowest BCUT2D eigenvalue weighted by molar-refractivity contribution is 0.945. The van der Waals surface area contributed by atoms with Crippen molar-refractivity contribution in [2.24, 2.45) is 5.73 Å². The first-order valence-electron chi connectivity index (χ1n) is 3.87. The second-order valence-corrected chi connectivity index (χ2v) is 4.51. The molecule has 0 aliphatic heterocycles. The van der Waals surface area contributed by atoms with Gasteiger partial charge in [-0.05, 0) is 24.0 Å². The number of benzene rings is 1. The third-order valence-corrected chi connectivity index (χ3v) is 3.39. The predicted octanol–water partition coefficient (Wildman–Crippen LogP) is 3.36. The maximum absolute atomic E-state index is 6.03. The Morgan fingerprint density at radius 2 is 2.15 bits per heavy atom. The van der Waals surface area contributed by atoms with Gasteiger partial charge in [0.05, 0.1) is 0 Å². The van der Waals surface area contributed by atoms with Crippen LogP contribution in [0, 0.1) is 0 Å². The molecule has 2 N–H and O–H groups in total. The van der Waals surface area contributed by atoms with Gasteiger partial charge >= 0.3 is 0 Å². The van der Waals surface area contributed by atoms with Crippen LogP contribution in [0.2, 0.25) is 10.0 Å². The first kappa shape index (κ1) is 11.2. The molecule has 0 radical (unpaired) electrons. The molecule has 1 aromatic carbocycles. The molecule has 0 bridgehead atoms. The summed E-state index contributed by atoms with van der Waals surface area (Å²) in [4.78, 5) is 0. The van der Waals surface area contributed by atoms with E-state index in [-0.39, 0.29) is 5.25 Å². The summed E-state index contributed by atoms with van der Waals surface area (Å²) in [5.74, 6) is 0. The molecule has 4 heteroatoms. The molecule has 0 saturated heterocycles. The van der Waals surface area contributed by atoms with Gasteiger partial charge in [-0.1, -0.05) is 29.3 Å². The SMILES string of the molecule is CSC(CN)c1ccc(Cl)cc1Cl. The smallest absolute Gasteiger partial charge is 0.0464 e. The minimum absolute atomic E-state index is 0.254. The second kappa shape index (κ2) is 5.11. The van der Waals surface area contributed by atoms with Gasteiger partial charge in [0.25, 0.3) is 0 Å². The van der Waals surface area contributed by atoms with Crippen LogP contribution in [0.4, 0.5) is 0 Å². The van der Waals surface area contributed by atoms with Crippen LogP contribution >= 0.6 is 35.0 Å². The van der Waals surface area contributed by atoms with E-state index in [1.54, 1.807) is 17.8 Å². The molecule has 13 heavy (non-hydrogen) atoms. The minimum Gasteiger partial charge on any atom is -0.329 e. The fourth-order valence-corrected chi connectivity index (χ4v) is 2.37. The Kier molecular flexibility index (Phi) is 4.39. The van der Waals surface area contributed by atoms with Crippen molar-refractivity contribution in [1.29, 1.82) is 0 Å². The first-order chi connectivity index (χ1) is 6.19. The van der Waals surface area contributed by atoms with Crippen LogP contribution in [0.5, 0.6) is 0 Å². The Bertz CT molecular complexity index is 287. The summed E-state index contributed by atoms with van der Waals surface area (Å²) >= 11 is 13.5. The van der Waals surface area contributed by atoms with Gasteiger partial charge in [-0.25, -0.2) is 0 Å². The lowest BCUT2D eigenvalue weighted by Crippen LogP contribution is -2.09. The summed E-state index contributed by atoms with van der Waals surface area (Å²) in [6.45, 7) is 0.586. The quantitative estimate of drug-likeness (QED) is 0.870. The Labute approximate surface area is 92.6 Å². The van der Waals surface area contributed by atoms with Crippen LogP contribution in [-0.2, 0) is 0 Å². The van der Waals surface area contributed by atoms with Crippen molar-refractivity contribution in [1.82, 2.24) is 0 Å². The summed E-state index contributed by atoms with van der Waals surface area (Å²) in [5.41, 5.74) is 6.67. The highest BCUT2D eigenvalue weighted by Gasteiger charge is 2.11. The monoisotopic (exact) mass is 235 g/mol. The number of hydrogen-bond acceptors (Lipinski definition) is 2. The molecule has 0 aromatic heterocycles. The first-order valence-corrected chi connectivity index (χ1v) is 5.91. The van der Waals surface area contributed by atoms with Gasteiger partial charge in [-0.15, -0.1) is 0 Å². The highest BCUT2D eigenvalue weighted by atomic mass is 35.5. The lowest BCUT2D eigenvalue weighted by atomic mass is 10.1. The maximum Gasteiger partial charge on any atom is 0.0464 e. The zero-order valence-electron chi connectivity index (χ0n) is 7.26. The topological polar surface area (TPSA) is 26.0 Å². The molecule has 0 amide bonds. The highest BCUT2D eigenvalue weighted by Crippen LogP contribution is 2.32. The molecule has 0 spiro atoms. The van der Waals surface area contributed by atoms with E-state index in [0.29, 0.717) is 16.6 Å². The molecule has 1 nitrogen and oxygen atoms in total. The molecule has 1 atom stereocenters. The highest BCUT2D eigenvalue weighted by molar-refractivity contribution is 7.98. The molecular weight excluding hydrogens is 225 g/mol. The summed E-state index contributed by atoms with van der Waals surface area (Å²) in [5, 5.41) is 1.60. The van der Waals surface area contributed by atoms with Gasteiger partial charge in [-0.2, -0.15) is 11.8 Å². The zero-order valence-corrected chi connectivity index (χ0v) is 9.59. The van der Waals surface area contributed by atoms with Crippen molar-refractivity contribution in [3.63, 3.8) is 0 Å². The van der Waals surface area contributed by atoms with Crippen LogP contribution in [-0.4, -0.2) is 12.8 Å². The molecule has 0 saturated carbocycles. The van der Waals surface area contributed by atoms with E-state index in [0.717, 1.165) is 5.56 Å². The fraction of sp³-hybridized carbons (Fsp3) is 0.333. The van der Waals surface area contributed by atoms with E-state index < -0.39 is 0 Å². The van der Waals surface area contributed by atoms with Gasteiger partial charge in [0.2, 0.25) is 0 Å².